The molecule has 0 radical (unpaired) electrons. The zero-order valence-electron chi connectivity index (χ0n) is 37.9. The van der Waals surface area contributed by atoms with Gasteiger partial charge in [-0.05, 0) is 158 Å². The Balaban J connectivity index is 0.000000238. The molecule has 2 fully saturated rings. The van der Waals surface area contributed by atoms with E-state index in [0.717, 1.165) is 48.6 Å². The predicted octanol–water partition coefficient (Wildman–Crippen LogP) is 17.6. The monoisotopic (exact) mass is 879 g/mol. The topological polar surface area (TPSA) is 18.5 Å². The van der Waals surface area contributed by atoms with E-state index in [9.17, 15) is 26.3 Å². The van der Waals surface area contributed by atoms with Gasteiger partial charge in [-0.1, -0.05) is 157 Å². The van der Waals surface area contributed by atoms with Gasteiger partial charge in [0.05, 0.1) is 0 Å². The zero-order valence-corrected chi connectivity index (χ0v) is 37.9. The van der Waals surface area contributed by atoms with E-state index in [-0.39, 0.29) is 11.5 Å². The van der Waals surface area contributed by atoms with Crippen LogP contribution in [0.2, 0.25) is 0 Å². The number of hydrogen-bond acceptors (Lipinski definition) is 2. The fraction of sp³-hybridized carbons (Fsp3) is 0.564. The second kappa shape index (κ2) is 26.1. The molecule has 346 valence electrons. The van der Waals surface area contributed by atoms with Gasteiger partial charge in [-0.15, -0.1) is 26.3 Å². The van der Waals surface area contributed by atoms with Crippen molar-refractivity contribution in [3.8, 4) is 11.5 Å². The van der Waals surface area contributed by atoms with Crippen molar-refractivity contribution >= 4 is 0 Å². The van der Waals surface area contributed by atoms with Crippen LogP contribution in [0.3, 0.4) is 0 Å². The zero-order chi connectivity index (χ0) is 44.9. The quantitative estimate of drug-likeness (QED) is 0.0613. The summed E-state index contributed by atoms with van der Waals surface area (Å²) in [5.41, 5.74) is 7.48. The Bertz CT molecular complexity index is 1800. The van der Waals surface area contributed by atoms with Crippen molar-refractivity contribution in [2.75, 3.05) is 0 Å². The number of unbranched alkanes of at least 4 members (excludes halogenated alkanes) is 7. The highest BCUT2D eigenvalue weighted by atomic mass is 19.4. The lowest BCUT2D eigenvalue weighted by molar-refractivity contribution is -0.275. The lowest BCUT2D eigenvalue weighted by Crippen LogP contribution is -2.17. The Morgan fingerprint density at radius 1 is 0.381 bits per heavy atom. The minimum Gasteiger partial charge on any atom is -0.406 e. The van der Waals surface area contributed by atoms with Crippen LogP contribution in [0.5, 0.6) is 11.5 Å². The fourth-order valence-corrected chi connectivity index (χ4v) is 9.67. The maximum absolute atomic E-state index is 12.3. The molecule has 0 bridgehead atoms. The summed E-state index contributed by atoms with van der Waals surface area (Å²) in [5.74, 6) is 2.91. The van der Waals surface area contributed by atoms with Crippen molar-refractivity contribution < 1.29 is 35.8 Å². The molecule has 0 amide bonds. The molecular formula is C55H72F6O2. The average molecular weight is 879 g/mol. The van der Waals surface area contributed by atoms with Gasteiger partial charge in [-0.25, -0.2) is 0 Å². The maximum Gasteiger partial charge on any atom is 0.573 e. The Morgan fingerprint density at radius 2 is 0.667 bits per heavy atom. The molecule has 0 aromatic heterocycles. The van der Waals surface area contributed by atoms with Crippen LogP contribution in [-0.2, 0) is 25.7 Å². The van der Waals surface area contributed by atoms with E-state index in [2.05, 4.69) is 71.9 Å². The molecule has 6 rings (SSSR count). The first-order chi connectivity index (χ1) is 30.4. The number of hydrogen-bond donors (Lipinski definition) is 0. The number of rotatable bonds is 21. The molecule has 2 saturated carbocycles. The molecular weight excluding hydrogens is 807 g/mol. The summed E-state index contributed by atoms with van der Waals surface area (Å²) in [6, 6.07) is 30.3. The molecule has 0 heterocycles. The second-order valence-electron chi connectivity index (χ2n) is 18.4. The largest absolute Gasteiger partial charge is 0.573 e. The Labute approximate surface area is 374 Å². The summed E-state index contributed by atoms with van der Waals surface area (Å²) in [6.07, 6.45) is 20.0. The lowest BCUT2D eigenvalue weighted by Gasteiger charge is -2.29. The third-order valence-electron chi connectivity index (χ3n) is 13.5. The molecule has 4 aromatic carbocycles. The van der Waals surface area contributed by atoms with E-state index in [1.54, 1.807) is 24.3 Å². The van der Waals surface area contributed by atoms with Crippen LogP contribution in [0.15, 0.2) is 97.1 Å². The molecule has 63 heavy (non-hydrogen) atoms. The van der Waals surface area contributed by atoms with Gasteiger partial charge >= 0.3 is 12.7 Å². The Morgan fingerprint density at radius 3 is 0.968 bits per heavy atom. The molecule has 0 unspecified atom stereocenters. The normalized spacial score (nSPS) is 19.2. The summed E-state index contributed by atoms with van der Waals surface area (Å²) in [5, 5.41) is 0. The first-order valence-electron chi connectivity index (χ1n) is 24.2. The first kappa shape index (κ1) is 50.1. The third-order valence-corrected chi connectivity index (χ3v) is 13.5. The first-order valence-corrected chi connectivity index (χ1v) is 24.2. The smallest absolute Gasteiger partial charge is 0.406 e. The van der Waals surface area contributed by atoms with Gasteiger partial charge in [0.1, 0.15) is 11.5 Å². The van der Waals surface area contributed by atoms with Gasteiger partial charge < -0.3 is 9.47 Å². The van der Waals surface area contributed by atoms with E-state index >= 15 is 0 Å². The summed E-state index contributed by atoms with van der Waals surface area (Å²) < 4.78 is 81.4. The van der Waals surface area contributed by atoms with E-state index in [1.165, 1.54) is 169 Å². The fourth-order valence-electron chi connectivity index (χ4n) is 9.67. The second-order valence-corrected chi connectivity index (χ2v) is 18.4. The highest BCUT2D eigenvalue weighted by molar-refractivity contribution is 5.31. The van der Waals surface area contributed by atoms with E-state index in [0.29, 0.717) is 11.8 Å². The minimum atomic E-state index is -4.64. The molecule has 0 N–H and O–H groups in total. The van der Waals surface area contributed by atoms with Crippen LogP contribution in [0, 0.1) is 11.8 Å². The van der Waals surface area contributed by atoms with E-state index in [4.69, 9.17) is 0 Å². The molecule has 0 spiro atoms. The highest BCUT2D eigenvalue weighted by Gasteiger charge is 2.32. The van der Waals surface area contributed by atoms with Crippen LogP contribution in [-0.4, -0.2) is 12.7 Å². The number of aryl methyl sites for hydroxylation is 4. The minimum absolute atomic E-state index is 0.170. The molecule has 0 atom stereocenters. The summed E-state index contributed by atoms with van der Waals surface area (Å²) in [6.45, 7) is 4.54. The predicted molar refractivity (Wildman–Crippen MR) is 245 cm³/mol. The van der Waals surface area contributed by atoms with E-state index < -0.39 is 12.7 Å². The Hall–Kier alpha value is -3.94. The SMILES string of the molecule is CCCCCCC1CCC(c2ccc(CCc3ccc(OC(F)(F)F)cc3)cc2)CC1.CCCCCCCC1CCC(c2ccc(CCc3ccc(OC(F)(F)F)cc3)cc2)CC1. The van der Waals surface area contributed by atoms with Crippen molar-refractivity contribution in [2.45, 2.75) is 186 Å². The molecule has 8 heteroatoms. The average Bonchev–Trinajstić information content (AvgIpc) is 3.27. The molecule has 2 nitrogen and oxygen atoms in total. The molecule has 4 aromatic rings. The Kier molecular flexibility index (Phi) is 20.8. The number of halogens is 6. The van der Waals surface area contributed by atoms with Crippen molar-refractivity contribution in [3.63, 3.8) is 0 Å². The standard InChI is InChI=1S/C28H37F3O.C27H35F3O/c1-2-3-4-5-6-7-22-10-16-25(17-11-22)26-18-12-23(13-19-26)8-9-24-14-20-27(21-15-24)32-28(29,30)31;1-2-3-4-5-6-21-9-15-24(16-10-21)25-17-11-22(12-18-25)7-8-23-13-19-26(20-14-23)31-27(28,29)30/h12-15,18-22,25H,2-11,16-17H2,1H3;11-14,17-21,24H,2-10,15-16H2,1H3. The van der Waals surface area contributed by atoms with E-state index in [1.807, 2.05) is 0 Å². The third kappa shape index (κ3) is 19.4. The number of ether oxygens (including phenoxy) is 2. The van der Waals surface area contributed by atoms with Gasteiger partial charge in [0, 0.05) is 0 Å². The molecule has 0 saturated heterocycles. The highest BCUT2D eigenvalue weighted by Crippen LogP contribution is 2.39. The van der Waals surface area contributed by atoms with Gasteiger partial charge in [0.2, 0.25) is 0 Å². The van der Waals surface area contributed by atoms with Gasteiger partial charge in [0.25, 0.3) is 0 Å². The van der Waals surface area contributed by atoms with Gasteiger partial charge in [0.15, 0.2) is 0 Å². The maximum atomic E-state index is 12.3. The van der Waals surface area contributed by atoms with Crippen LogP contribution in [0.4, 0.5) is 26.3 Å². The van der Waals surface area contributed by atoms with Crippen LogP contribution < -0.4 is 9.47 Å². The van der Waals surface area contributed by atoms with Crippen LogP contribution >= 0.6 is 0 Å². The van der Waals surface area contributed by atoms with Crippen molar-refractivity contribution in [1.29, 1.82) is 0 Å². The van der Waals surface area contributed by atoms with Crippen molar-refractivity contribution in [3.05, 3.63) is 130 Å². The molecule has 0 aliphatic heterocycles. The number of benzene rings is 4. The number of alkyl halides is 6. The summed E-state index contributed by atoms with van der Waals surface area (Å²) in [4.78, 5) is 0. The molecule has 2 aliphatic rings. The summed E-state index contributed by atoms with van der Waals surface area (Å²) >= 11 is 0. The summed E-state index contributed by atoms with van der Waals surface area (Å²) in [7, 11) is 0. The van der Waals surface area contributed by atoms with Gasteiger partial charge in [-0.3, -0.25) is 0 Å². The van der Waals surface area contributed by atoms with Crippen molar-refractivity contribution in [2.24, 2.45) is 11.8 Å². The lowest BCUT2D eigenvalue weighted by atomic mass is 9.77. The van der Waals surface area contributed by atoms with Crippen LogP contribution in [0.25, 0.3) is 0 Å². The van der Waals surface area contributed by atoms with Crippen LogP contribution in [0.1, 0.15) is 181 Å². The van der Waals surface area contributed by atoms with Crippen molar-refractivity contribution in [1.82, 2.24) is 0 Å². The van der Waals surface area contributed by atoms with Gasteiger partial charge in [-0.2, -0.15) is 0 Å². The molecule has 2 aliphatic carbocycles.